The Labute approximate surface area is 276 Å². The summed E-state index contributed by atoms with van der Waals surface area (Å²) < 4.78 is 169. The van der Waals surface area contributed by atoms with E-state index >= 15 is 30.7 Å². The summed E-state index contributed by atoms with van der Waals surface area (Å²) in [4.78, 5) is -1.01. The van der Waals surface area contributed by atoms with Crippen molar-refractivity contribution in [1.82, 2.24) is 0 Å². The van der Waals surface area contributed by atoms with Crippen molar-refractivity contribution in [2.45, 2.75) is 35.2 Å². The van der Waals surface area contributed by atoms with E-state index in [4.69, 9.17) is 0 Å². The third-order valence-electron chi connectivity index (χ3n) is 7.50. The molecule has 0 spiro atoms. The Morgan fingerprint density at radius 1 is 0.490 bits per heavy atom. The fraction of sp³-hybridized carbons (Fsp3) is 0.118. The Hall–Kier alpha value is -4.89. The molecule has 0 amide bonds. The van der Waals surface area contributed by atoms with Gasteiger partial charge >= 0.3 is 26.4 Å². The van der Waals surface area contributed by atoms with Crippen LogP contribution in [0, 0.1) is 37.1 Å². The Kier molecular flexibility index (Phi) is 9.29. The predicted molar refractivity (Wildman–Crippen MR) is 163 cm³/mol. The Bertz CT molecular complexity index is 2060. The van der Waals surface area contributed by atoms with Crippen LogP contribution < -0.4 is 8.37 Å². The Balaban J connectivity index is 1.69. The van der Waals surface area contributed by atoms with Crippen LogP contribution in [0.2, 0.25) is 0 Å². The zero-order valence-electron chi connectivity index (χ0n) is 25.2. The van der Waals surface area contributed by atoms with Crippen LogP contribution in [0.4, 0.5) is 30.7 Å². The van der Waals surface area contributed by atoms with Crippen LogP contribution in [-0.2, 0) is 25.7 Å². The highest BCUT2D eigenvalue weighted by Crippen LogP contribution is 2.53. The molecule has 0 saturated heterocycles. The van der Waals surface area contributed by atoms with Crippen LogP contribution in [-0.4, -0.2) is 23.0 Å². The lowest BCUT2D eigenvalue weighted by Gasteiger charge is -2.37. The molecule has 5 aromatic rings. The van der Waals surface area contributed by atoms with Gasteiger partial charge in [-0.25, -0.2) is 17.6 Å². The van der Waals surface area contributed by atoms with Crippen LogP contribution in [0.5, 0.6) is 11.5 Å². The topological polar surface area (TPSA) is 86.7 Å². The van der Waals surface area contributed by atoms with Crippen LogP contribution in [0.15, 0.2) is 113 Å². The number of aryl methyl sites for hydroxylation is 2. The van der Waals surface area contributed by atoms with Crippen molar-refractivity contribution in [2.75, 3.05) is 0 Å². The van der Waals surface area contributed by atoms with E-state index < -0.39 is 93.1 Å². The predicted octanol–water partition coefficient (Wildman–Crippen LogP) is 8.29. The fourth-order valence-corrected chi connectivity index (χ4v) is 7.01. The van der Waals surface area contributed by atoms with Crippen molar-refractivity contribution in [3.05, 3.63) is 154 Å². The van der Waals surface area contributed by atoms with Crippen molar-refractivity contribution in [3.8, 4) is 11.5 Å². The average Bonchev–Trinajstić information content (AvgIpc) is 3.01. The van der Waals surface area contributed by atoms with Crippen molar-refractivity contribution in [1.29, 1.82) is 0 Å². The van der Waals surface area contributed by atoms with Gasteiger partial charge in [0, 0.05) is 0 Å². The zero-order valence-corrected chi connectivity index (χ0v) is 26.9. The van der Waals surface area contributed by atoms with E-state index in [9.17, 15) is 16.8 Å². The first kappa shape index (κ1) is 35.4. The molecule has 5 aromatic carbocycles. The highest BCUT2D eigenvalue weighted by atomic mass is 32.2. The van der Waals surface area contributed by atoms with Crippen molar-refractivity contribution >= 4 is 20.2 Å². The maximum absolute atomic E-state index is 15.5. The van der Waals surface area contributed by atoms with Gasteiger partial charge in [0.15, 0.2) is 23.3 Å². The normalized spacial score (nSPS) is 12.5. The van der Waals surface area contributed by atoms with Gasteiger partial charge in [-0.2, -0.15) is 30.0 Å². The quantitative estimate of drug-likeness (QED) is 0.0864. The van der Waals surface area contributed by atoms with Gasteiger partial charge in [-0.1, -0.05) is 65.7 Å². The highest BCUT2D eigenvalue weighted by molar-refractivity contribution is 7.87. The molecule has 0 aliphatic heterocycles. The summed E-state index contributed by atoms with van der Waals surface area (Å²) in [5, 5.41) is 0. The molecule has 0 fully saturated rings. The molecule has 0 saturated carbocycles. The van der Waals surface area contributed by atoms with Crippen molar-refractivity contribution in [2.24, 2.45) is 0 Å². The molecular formula is C34H23F7O6S2. The van der Waals surface area contributed by atoms with Gasteiger partial charge in [-0.15, -0.1) is 0 Å². The molecule has 5 rings (SSSR count). The average molecular weight is 725 g/mol. The molecule has 0 unspecified atom stereocenters. The van der Waals surface area contributed by atoms with Gasteiger partial charge < -0.3 is 8.37 Å². The number of rotatable bonds is 9. The molecule has 0 aliphatic carbocycles. The van der Waals surface area contributed by atoms with Crippen molar-refractivity contribution in [3.63, 3.8) is 0 Å². The molecule has 49 heavy (non-hydrogen) atoms. The number of hydrogen-bond acceptors (Lipinski definition) is 6. The Morgan fingerprint density at radius 3 is 1.12 bits per heavy atom. The van der Waals surface area contributed by atoms with Gasteiger partial charge in [-0.3, -0.25) is 0 Å². The van der Waals surface area contributed by atoms with E-state index in [0.717, 1.165) is 48.5 Å². The van der Waals surface area contributed by atoms with Crippen LogP contribution in [0.3, 0.4) is 0 Å². The lowest BCUT2D eigenvalue weighted by molar-refractivity contribution is -0.166. The monoisotopic (exact) mass is 724 g/mol. The summed E-state index contributed by atoms with van der Waals surface area (Å²) in [5.41, 5.74) is -5.72. The first-order valence-electron chi connectivity index (χ1n) is 14.0. The first-order chi connectivity index (χ1) is 22.9. The molecule has 0 atom stereocenters. The molecule has 0 aliphatic rings. The summed E-state index contributed by atoms with van der Waals surface area (Å²) in [5.74, 6) is -10.7. The lowest BCUT2D eigenvalue weighted by Crippen LogP contribution is -2.45. The number of alkyl halides is 3. The number of halogens is 7. The molecule has 15 heteroatoms. The van der Waals surface area contributed by atoms with Crippen molar-refractivity contribution < 1.29 is 55.9 Å². The molecule has 0 bridgehead atoms. The molecule has 6 nitrogen and oxygen atoms in total. The summed E-state index contributed by atoms with van der Waals surface area (Å²) in [6.45, 7) is 3.28. The minimum atomic E-state index is -5.60. The smallest absolute Gasteiger partial charge is 0.373 e. The number of hydrogen-bond donors (Lipinski definition) is 0. The van der Waals surface area contributed by atoms with E-state index in [1.54, 1.807) is 13.8 Å². The minimum Gasteiger partial charge on any atom is -0.373 e. The Morgan fingerprint density at radius 2 is 0.816 bits per heavy atom. The molecular weight excluding hydrogens is 701 g/mol. The van der Waals surface area contributed by atoms with E-state index in [-0.39, 0.29) is 24.3 Å². The van der Waals surface area contributed by atoms with Crippen LogP contribution in [0.25, 0.3) is 0 Å². The van der Waals surface area contributed by atoms with Gasteiger partial charge in [0.2, 0.25) is 11.5 Å². The van der Waals surface area contributed by atoms with Gasteiger partial charge in [0.05, 0.1) is 0 Å². The second-order valence-corrected chi connectivity index (χ2v) is 13.9. The third kappa shape index (κ3) is 6.72. The van der Waals surface area contributed by atoms with E-state index in [1.807, 2.05) is 0 Å². The van der Waals surface area contributed by atoms with Gasteiger partial charge in [0.1, 0.15) is 15.2 Å². The SMILES string of the molecule is Cc1ccc(S(=O)(=O)Oc2c(F)cc(C(c3ccccc3)(c3cc(F)c(OS(=O)(=O)c4ccc(C)cc4)c(F)c3)C(F)(F)F)cc2F)cc1. The summed E-state index contributed by atoms with van der Waals surface area (Å²) in [7, 11) is -9.75. The summed E-state index contributed by atoms with van der Waals surface area (Å²) in [6, 6.07) is 15.7. The maximum Gasteiger partial charge on any atom is 0.406 e. The standard InChI is InChI=1S/C34H23F7O6S2/c1-20-8-12-25(13-9-20)48(42,43)46-31-27(35)16-23(17-28(31)36)33(34(39,40)41,22-6-4-3-5-7-22)24-18-29(37)32(30(38)19-24)47-49(44,45)26-14-10-21(2)11-15-26/h3-19H,1-2H3. The van der Waals surface area contributed by atoms with E-state index in [2.05, 4.69) is 8.37 Å². The van der Waals surface area contributed by atoms with Gasteiger partial charge in [-0.05, 0) is 79.1 Å². The maximum atomic E-state index is 15.5. The van der Waals surface area contributed by atoms with E-state index in [0.29, 0.717) is 11.1 Å². The molecule has 256 valence electrons. The third-order valence-corrected chi connectivity index (χ3v) is 9.97. The summed E-state index contributed by atoms with van der Waals surface area (Å²) >= 11 is 0. The van der Waals surface area contributed by atoms with Crippen LogP contribution in [0.1, 0.15) is 27.8 Å². The second kappa shape index (κ2) is 12.9. The first-order valence-corrected chi connectivity index (χ1v) is 16.8. The molecule has 0 aromatic heterocycles. The molecule has 0 heterocycles. The van der Waals surface area contributed by atoms with E-state index in [1.165, 1.54) is 30.3 Å². The molecule has 0 N–H and O–H groups in total. The lowest BCUT2D eigenvalue weighted by atomic mass is 9.68. The second-order valence-electron chi connectivity index (χ2n) is 10.9. The highest BCUT2D eigenvalue weighted by Gasteiger charge is 2.59. The largest absolute Gasteiger partial charge is 0.406 e. The zero-order chi connectivity index (χ0) is 35.9. The summed E-state index contributed by atoms with van der Waals surface area (Å²) in [6.07, 6.45) is -5.60. The van der Waals surface area contributed by atoms with Gasteiger partial charge in [0.25, 0.3) is 0 Å². The number of benzene rings is 5. The minimum absolute atomic E-state index is 0.131. The fourth-order valence-electron chi connectivity index (χ4n) is 5.12. The molecule has 0 radical (unpaired) electrons. The van der Waals surface area contributed by atoms with Crippen LogP contribution >= 0.6 is 0 Å².